The van der Waals surface area contributed by atoms with Crippen LogP contribution in [0.2, 0.25) is 0 Å². The molecule has 0 spiro atoms. The van der Waals surface area contributed by atoms with Crippen LogP contribution in [0.4, 0.5) is 5.82 Å². The van der Waals surface area contributed by atoms with Crippen molar-refractivity contribution in [1.29, 1.82) is 0 Å². The maximum atomic E-state index is 5.50. The number of nitrogen functional groups attached to an aromatic ring is 1. The van der Waals surface area contributed by atoms with E-state index >= 15 is 0 Å². The third kappa shape index (κ3) is 2.66. The molecule has 15 heavy (non-hydrogen) atoms. The Bertz CT molecular complexity index is 432. The first-order valence-electron chi connectivity index (χ1n) is 4.25. The Morgan fingerprint density at radius 1 is 1.20 bits per heavy atom. The molecule has 4 nitrogen and oxygen atoms in total. The first kappa shape index (κ1) is 9.92. The summed E-state index contributed by atoms with van der Waals surface area (Å²) in [4.78, 5) is 7.71. The highest BCUT2D eigenvalue weighted by molar-refractivity contribution is 9.10. The topological polar surface area (TPSA) is 61.0 Å². The monoisotopic (exact) mass is 265 g/mol. The van der Waals surface area contributed by atoms with Crippen molar-refractivity contribution in [1.82, 2.24) is 9.97 Å². The Morgan fingerprint density at radius 3 is 2.80 bits per heavy atom. The highest BCUT2D eigenvalue weighted by Crippen LogP contribution is 2.23. The van der Waals surface area contributed by atoms with Crippen molar-refractivity contribution < 1.29 is 4.74 Å². The Balaban J connectivity index is 2.22. The Morgan fingerprint density at radius 2 is 2.07 bits per heavy atom. The molecule has 0 aliphatic carbocycles. The molecule has 0 saturated carbocycles. The zero-order valence-electron chi connectivity index (χ0n) is 7.72. The highest BCUT2D eigenvalue weighted by Gasteiger charge is 1.99. The van der Waals surface area contributed by atoms with E-state index in [0.29, 0.717) is 17.4 Å². The van der Waals surface area contributed by atoms with E-state index in [4.69, 9.17) is 10.5 Å². The predicted molar refractivity (Wildman–Crippen MR) is 60.7 cm³/mol. The number of ether oxygens (including phenoxy) is 1. The lowest BCUT2D eigenvalue weighted by Gasteiger charge is -2.04. The second kappa shape index (κ2) is 4.27. The van der Waals surface area contributed by atoms with E-state index < -0.39 is 0 Å². The van der Waals surface area contributed by atoms with E-state index in [1.165, 1.54) is 6.33 Å². The van der Waals surface area contributed by atoms with Crippen molar-refractivity contribution in [2.24, 2.45) is 0 Å². The molecule has 0 aliphatic heterocycles. The molecule has 0 atom stereocenters. The van der Waals surface area contributed by atoms with Gasteiger partial charge in [0, 0.05) is 10.5 Å². The van der Waals surface area contributed by atoms with Crippen LogP contribution in [0.1, 0.15) is 0 Å². The largest absolute Gasteiger partial charge is 0.439 e. The molecule has 0 radical (unpaired) electrons. The maximum Gasteiger partial charge on any atom is 0.224 e. The average Bonchev–Trinajstić information content (AvgIpc) is 2.17. The normalized spacial score (nSPS) is 9.93. The Hall–Kier alpha value is -1.62. The average molecular weight is 266 g/mol. The molecule has 0 amide bonds. The van der Waals surface area contributed by atoms with Gasteiger partial charge in [-0.1, -0.05) is 22.0 Å². The fourth-order valence-electron chi connectivity index (χ4n) is 1.06. The number of nitrogens with two attached hydrogens (primary N) is 1. The van der Waals surface area contributed by atoms with Crippen LogP contribution in [0, 0.1) is 0 Å². The van der Waals surface area contributed by atoms with Crippen LogP contribution in [0.3, 0.4) is 0 Å². The van der Waals surface area contributed by atoms with Gasteiger partial charge in [0.05, 0.1) is 0 Å². The standard InChI is InChI=1S/C10H8BrN3O/c11-7-2-1-3-8(4-7)15-10-5-9(12)13-6-14-10/h1-6H,(H2,12,13,14). The van der Waals surface area contributed by atoms with Crippen LogP contribution in [0.25, 0.3) is 0 Å². The lowest BCUT2D eigenvalue weighted by Crippen LogP contribution is -1.93. The second-order valence-corrected chi connectivity index (χ2v) is 3.76. The van der Waals surface area contributed by atoms with Crippen LogP contribution in [-0.4, -0.2) is 9.97 Å². The summed E-state index contributed by atoms with van der Waals surface area (Å²) < 4.78 is 6.43. The minimum absolute atomic E-state index is 0.384. The Kier molecular flexibility index (Phi) is 2.82. The summed E-state index contributed by atoms with van der Waals surface area (Å²) >= 11 is 3.35. The van der Waals surface area contributed by atoms with Crippen molar-refractivity contribution in [2.75, 3.05) is 5.73 Å². The molecule has 0 fully saturated rings. The van der Waals surface area contributed by atoms with Gasteiger partial charge < -0.3 is 10.5 Å². The summed E-state index contributed by atoms with van der Waals surface area (Å²) in [6, 6.07) is 9.05. The molecule has 1 aromatic carbocycles. The van der Waals surface area contributed by atoms with E-state index in [9.17, 15) is 0 Å². The van der Waals surface area contributed by atoms with Gasteiger partial charge in [-0.05, 0) is 18.2 Å². The summed E-state index contributed by atoms with van der Waals surface area (Å²) in [5, 5.41) is 0. The van der Waals surface area contributed by atoms with E-state index in [0.717, 1.165) is 4.47 Å². The summed E-state index contributed by atoms with van der Waals surface area (Å²) in [5.41, 5.74) is 5.50. The van der Waals surface area contributed by atoms with Gasteiger partial charge in [0.2, 0.25) is 5.88 Å². The lowest BCUT2D eigenvalue weighted by atomic mass is 10.3. The molecular weight excluding hydrogens is 258 g/mol. The van der Waals surface area contributed by atoms with E-state index in [-0.39, 0.29) is 0 Å². The predicted octanol–water partition coefficient (Wildman–Crippen LogP) is 2.61. The zero-order chi connectivity index (χ0) is 10.7. The van der Waals surface area contributed by atoms with Crippen molar-refractivity contribution in [3.05, 3.63) is 41.1 Å². The smallest absolute Gasteiger partial charge is 0.224 e. The maximum absolute atomic E-state index is 5.50. The number of hydrogen-bond donors (Lipinski definition) is 1. The molecule has 0 bridgehead atoms. The van der Waals surface area contributed by atoms with Crippen molar-refractivity contribution >= 4 is 21.7 Å². The van der Waals surface area contributed by atoms with Crippen LogP contribution in [0.5, 0.6) is 11.6 Å². The summed E-state index contributed by atoms with van der Waals surface area (Å²) in [6.45, 7) is 0. The number of nitrogens with zero attached hydrogens (tertiary/aromatic N) is 2. The first-order valence-corrected chi connectivity index (χ1v) is 5.04. The first-order chi connectivity index (χ1) is 7.24. The van der Waals surface area contributed by atoms with Gasteiger partial charge in [0.15, 0.2) is 0 Å². The van der Waals surface area contributed by atoms with Gasteiger partial charge in [-0.25, -0.2) is 9.97 Å². The fourth-order valence-corrected chi connectivity index (χ4v) is 1.44. The molecule has 2 aromatic rings. The molecule has 1 heterocycles. The molecule has 0 unspecified atom stereocenters. The van der Waals surface area contributed by atoms with Crippen molar-refractivity contribution in [2.45, 2.75) is 0 Å². The quantitative estimate of drug-likeness (QED) is 0.907. The molecule has 5 heteroatoms. The molecule has 0 saturated heterocycles. The van der Waals surface area contributed by atoms with Crippen LogP contribution >= 0.6 is 15.9 Å². The lowest BCUT2D eigenvalue weighted by molar-refractivity contribution is 0.461. The molecule has 2 N–H and O–H groups in total. The van der Waals surface area contributed by atoms with Gasteiger partial charge in [-0.3, -0.25) is 0 Å². The minimum atomic E-state index is 0.384. The number of halogens is 1. The van der Waals surface area contributed by atoms with E-state index in [2.05, 4.69) is 25.9 Å². The van der Waals surface area contributed by atoms with E-state index in [1.807, 2.05) is 24.3 Å². The SMILES string of the molecule is Nc1cc(Oc2cccc(Br)c2)ncn1. The van der Waals surface area contributed by atoms with Gasteiger partial charge in [-0.2, -0.15) is 0 Å². The fraction of sp³-hybridized carbons (Fsp3) is 0. The van der Waals surface area contributed by atoms with Crippen molar-refractivity contribution in [3.63, 3.8) is 0 Å². The van der Waals surface area contributed by atoms with Gasteiger partial charge in [0.25, 0.3) is 0 Å². The zero-order valence-corrected chi connectivity index (χ0v) is 9.31. The third-order valence-electron chi connectivity index (χ3n) is 1.68. The summed E-state index contributed by atoms with van der Waals surface area (Å²) in [5.74, 6) is 1.51. The van der Waals surface area contributed by atoms with Crippen LogP contribution in [0.15, 0.2) is 41.1 Å². The van der Waals surface area contributed by atoms with Gasteiger partial charge in [0.1, 0.15) is 17.9 Å². The van der Waals surface area contributed by atoms with Gasteiger partial charge >= 0.3 is 0 Å². The third-order valence-corrected chi connectivity index (χ3v) is 2.17. The van der Waals surface area contributed by atoms with Crippen LogP contribution in [-0.2, 0) is 0 Å². The highest BCUT2D eigenvalue weighted by atomic mass is 79.9. The van der Waals surface area contributed by atoms with E-state index in [1.54, 1.807) is 6.07 Å². The Labute approximate surface area is 95.2 Å². The second-order valence-electron chi connectivity index (χ2n) is 2.84. The van der Waals surface area contributed by atoms with Crippen LogP contribution < -0.4 is 10.5 Å². The molecule has 1 aromatic heterocycles. The van der Waals surface area contributed by atoms with Gasteiger partial charge in [-0.15, -0.1) is 0 Å². The number of benzene rings is 1. The number of hydrogen-bond acceptors (Lipinski definition) is 4. The molecule has 76 valence electrons. The minimum Gasteiger partial charge on any atom is -0.439 e. The molecule has 0 aliphatic rings. The molecule has 2 rings (SSSR count). The number of rotatable bonds is 2. The van der Waals surface area contributed by atoms with Crippen molar-refractivity contribution in [3.8, 4) is 11.6 Å². The molecular formula is C10H8BrN3O. The summed E-state index contributed by atoms with van der Waals surface area (Å²) in [6.07, 6.45) is 1.36. The number of aromatic nitrogens is 2. The number of anilines is 1. The summed E-state index contributed by atoms with van der Waals surface area (Å²) in [7, 11) is 0.